The standard InChI is InChI=1S/C8H12F3NO4/c1-4(2)12(5(3-13)6(14)15)7(16)8(9,10)11/h4-5,13H,3H2,1-2H3,(H,14,15). The minimum absolute atomic E-state index is 0.0995. The van der Waals surface area contributed by atoms with Crippen molar-refractivity contribution in [2.45, 2.75) is 32.1 Å². The largest absolute Gasteiger partial charge is 0.480 e. The Hall–Kier alpha value is -1.31. The molecule has 0 aromatic heterocycles. The van der Waals surface area contributed by atoms with Gasteiger partial charge in [-0.2, -0.15) is 13.2 Å². The molecule has 0 aliphatic carbocycles. The number of carboxylic acids is 1. The van der Waals surface area contributed by atoms with Crippen molar-refractivity contribution in [2.75, 3.05) is 6.61 Å². The fourth-order valence-corrected chi connectivity index (χ4v) is 1.17. The molecule has 0 heterocycles. The van der Waals surface area contributed by atoms with E-state index in [4.69, 9.17) is 10.2 Å². The first-order valence-electron chi connectivity index (χ1n) is 4.36. The maximum Gasteiger partial charge on any atom is 0.471 e. The molecule has 1 amide bonds. The monoisotopic (exact) mass is 243 g/mol. The second-order valence-electron chi connectivity index (χ2n) is 3.34. The molecule has 5 nitrogen and oxygen atoms in total. The van der Waals surface area contributed by atoms with Crippen molar-refractivity contribution in [3.05, 3.63) is 0 Å². The number of aliphatic hydroxyl groups is 1. The fraction of sp³-hybridized carbons (Fsp3) is 0.750. The quantitative estimate of drug-likeness (QED) is 0.741. The molecule has 0 radical (unpaired) electrons. The van der Waals surface area contributed by atoms with Gasteiger partial charge in [-0.1, -0.05) is 0 Å². The summed E-state index contributed by atoms with van der Waals surface area (Å²) in [5, 5.41) is 17.3. The van der Waals surface area contributed by atoms with E-state index in [1.807, 2.05) is 0 Å². The summed E-state index contributed by atoms with van der Waals surface area (Å²) in [4.78, 5) is 21.6. The van der Waals surface area contributed by atoms with Gasteiger partial charge in [-0.05, 0) is 13.8 Å². The fourth-order valence-electron chi connectivity index (χ4n) is 1.17. The average Bonchev–Trinajstić information content (AvgIpc) is 2.09. The van der Waals surface area contributed by atoms with Gasteiger partial charge in [0.25, 0.3) is 0 Å². The third kappa shape index (κ3) is 3.37. The van der Waals surface area contributed by atoms with E-state index < -0.39 is 36.7 Å². The van der Waals surface area contributed by atoms with E-state index in [0.717, 1.165) is 0 Å². The normalized spacial score (nSPS) is 13.7. The summed E-state index contributed by atoms with van der Waals surface area (Å²) in [6.45, 7) is 1.39. The van der Waals surface area contributed by atoms with Crippen molar-refractivity contribution in [2.24, 2.45) is 0 Å². The van der Waals surface area contributed by atoms with Gasteiger partial charge in [0.2, 0.25) is 0 Å². The Morgan fingerprint density at radius 1 is 1.31 bits per heavy atom. The number of hydrogen-bond donors (Lipinski definition) is 2. The van der Waals surface area contributed by atoms with Crippen molar-refractivity contribution in [1.29, 1.82) is 0 Å². The van der Waals surface area contributed by atoms with Gasteiger partial charge < -0.3 is 15.1 Å². The van der Waals surface area contributed by atoms with Crippen molar-refractivity contribution in [3.8, 4) is 0 Å². The van der Waals surface area contributed by atoms with Crippen molar-refractivity contribution >= 4 is 11.9 Å². The predicted octanol–water partition coefficient (Wildman–Crippen LogP) is 0.231. The Bertz CT molecular complexity index is 277. The minimum atomic E-state index is -5.16. The van der Waals surface area contributed by atoms with Crippen LogP contribution in [-0.4, -0.2) is 51.9 Å². The highest BCUT2D eigenvalue weighted by atomic mass is 19.4. The molecule has 0 saturated carbocycles. The number of aliphatic carboxylic acids is 1. The van der Waals surface area contributed by atoms with Crippen LogP contribution in [0.15, 0.2) is 0 Å². The number of nitrogens with zero attached hydrogens (tertiary/aromatic N) is 1. The molecule has 0 fully saturated rings. The van der Waals surface area contributed by atoms with Crippen LogP contribution in [0.4, 0.5) is 13.2 Å². The van der Waals surface area contributed by atoms with Gasteiger partial charge in [-0.15, -0.1) is 0 Å². The zero-order chi connectivity index (χ0) is 13.1. The molecule has 0 aromatic carbocycles. The number of halogens is 3. The molecule has 94 valence electrons. The van der Waals surface area contributed by atoms with E-state index in [1.54, 1.807) is 0 Å². The molecule has 0 saturated heterocycles. The number of alkyl halides is 3. The van der Waals surface area contributed by atoms with Crippen LogP contribution in [0.5, 0.6) is 0 Å². The van der Waals surface area contributed by atoms with Crippen molar-refractivity contribution < 1.29 is 33.0 Å². The van der Waals surface area contributed by atoms with Gasteiger partial charge in [0.15, 0.2) is 6.04 Å². The number of hydrogen-bond acceptors (Lipinski definition) is 3. The van der Waals surface area contributed by atoms with Gasteiger partial charge in [-0.3, -0.25) is 4.79 Å². The molecule has 0 bridgehead atoms. The molecule has 8 heteroatoms. The first kappa shape index (κ1) is 14.7. The molecular formula is C8H12F3NO4. The first-order chi connectivity index (χ1) is 7.12. The summed E-state index contributed by atoms with van der Waals surface area (Å²) in [6.07, 6.45) is -5.16. The van der Waals surface area contributed by atoms with Gasteiger partial charge in [0.05, 0.1) is 6.61 Å². The van der Waals surface area contributed by atoms with E-state index in [-0.39, 0.29) is 4.90 Å². The molecule has 1 atom stereocenters. The molecule has 0 rings (SSSR count). The Morgan fingerprint density at radius 3 is 1.94 bits per heavy atom. The molecule has 2 N–H and O–H groups in total. The summed E-state index contributed by atoms with van der Waals surface area (Å²) < 4.78 is 36.5. The first-order valence-corrected chi connectivity index (χ1v) is 4.36. The lowest BCUT2D eigenvalue weighted by molar-refractivity contribution is -0.192. The van der Waals surface area contributed by atoms with Gasteiger partial charge >= 0.3 is 18.1 Å². The lowest BCUT2D eigenvalue weighted by atomic mass is 10.2. The van der Waals surface area contributed by atoms with Crippen LogP contribution in [-0.2, 0) is 9.59 Å². The van der Waals surface area contributed by atoms with Crippen molar-refractivity contribution in [3.63, 3.8) is 0 Å². The van der Waals surface area contributed by atoms with Crippen LogP contribution in [0.1, 0.15) is 13.8 Å². The van der Waals surface area contributed by atoms with E-state index in [2.05, 4.69) is 0 Å². The van der Waals surface area contributed by atoms with Gasteiger partial charge in [0, 0.05) is 6.04 Å². The predicted molar refractivity (Wildman–Crippen MR) is 46.5 cm³/mol. The molecule has 1 unspecified atom stereocenters. The highest BCUT2D eigenvalue weighted by Crippen LogP contribution is 2.21. The second-order valence-corrected chi connectivity index (χ2v) is 3.34. The van der Waals surface area contributed by atoms with Crippen LogP contribution in [0.2, 0.25) is 0 Å². The van der Waals surface area contributed by atoms with Crippen LogP contribution in [0.25, 0.3) is 0 Å². The number of aliphatic hydroxyl groups excluding tert-OH is 1. The van der Waals surface area contributed by atoms with Crippen LogP contribution in [0.3, 0.4) is 0 Å². The molecule has 16 heavy (non-hydrogen) atoms. The third-order valence-electron chi connectivity index (χ3n) is 1.83. The molecule has 0 aliphatic rings. The molecule has 0 spiro atoms. The molecule has 0 aromatic rings. The smallest absolute Gasteiger partial charge is 0.471 e. The third-order valence-corrected chi connectivity index (χ3v) is 1.83. The zero-order valence-corrected chi connectivity index (χ0v) is 8.65. The number of rotatable bonds is 4. The minimum Gasteiger partial charge on any atom is -0.480 e. The number of amides is 1. The number of carboxylic acid groups (broad SMARTS) is 1. The Labute approximate surface area is 89.5 Å². The van der Waals surface area contributed by atoms with E-state index in [0.29, 0.717) is 0 Å². The number of carbonyl (C=O) groups is 2. The number of carbonyl (C=O) groups excluding carboxylic acids is 1. The lowest BCUT2D eigenvalue weighted by Gasteiger charge is -2.31. The SMILES string of the molecule is CC(C)N(C(=O)C(F)(F)F)C(CO)C(=O)O. The average molecular weight is 243 g/mol. The summed E-state index contributed by atoms with van der Waals surface area (Å²) in [7, 11) is 0. The highest BCUT2D eigenvalue weighted by molar-refractivity contribution is 5.87. The van der Waals surface area contributed by atoms with Crippen LogP contribution < -0.4 is 0 Å². The Balaban J connectivity index is 5.15. The Morgan fingerprint density at radius 2 is 1.75 bits per heavy atom. The summed E-state index contributed by atoms with van der Waals surface area (Å²) in [5.41, 5.74) is 0. The molecule has 0 aliphatic heterocycles. The van der Waals surface area contributed by atoms with Crippen molar-refractivity contribution in [1.82, 2.24) is 4.90 Å². The summed E-state index contributed by atoms with van der Waals surface area (Å²) >= 11 is 0. The lowest BCUT2D eigenvalue weighted by Crippen LogP contribution is -2.54. The highest BCUT2D eigenvalue weighted by Gasteiger charge is 2.47. The van der Waals surface area contributed by atoms with E-state index in [9.17, 15) is 22.8 Å². The van der Waals surface area contributed by atoms with Gasteiger partial charge in [-0.25, -0.2) is 4.79 Å². The van der Waals surface area contributed by atoms with E-state index >= 15 is 0 Å². The van der Waals surface area contributed by atoms with Crippen LogP contribution in [0, 0.1) is 0 Å². The van der Waals surface area contributed by atoms with Gasteiger partial charge in [0.1, 0.15) is 0 Å². The maximum atomic E-state index is 12.2. The summed E-state index contributed by atoms with van der Waals surface area (Å²) in [5.74, 6) is -3.96. The van der Waals surface area contributed by atoms with E-state index in [1.165, 1.54) is 13.8 Å². The maximum absolute atomic E-state index is 12.2. The Kier molecular flexibility index (Phi) is 4.73. The topological polar surface area (TPSA) is 77.8 Å². The zero-order valence-electron chi connectivity index (χ0n) is 8.65. The molecular weight excluding hydrogens is 231 g/mol. The second kappa shape index (κ2) is 5.15. The van der Waals surface area contributed by atoms with Crippen LogP contribution >= 0.6 is 0 Å². The summed E-state index contributed by atoms with van der Waals surface area (Å²) in [6, 6.07) is -2.88.